The van der Waals surface area contributed by atoms with E-state index in [2.05, 4.69) is 61.3 Å². The summed E-state index contributed by atoms with van der Waals surface area (Å²) in [6, 6.07) is 23.0. The van der Waals surface area contributed by atoms with Gasteiger partial charge in [0.1, 0.15) is 51.0 Å². The molecule has 3 aromatic carbocycles. The Kier molecular flexibility index (Phi) is 20.8. The number of nitrogens with zero attached hydrogens (tertiary/aromatic N) is 11. The third-order valence-electron chi connectivity index (χ3n) is 15.0. The van der Waals surface area contributed by atoms with Crippen LogP contribution in [0.15, 0.2) is 128 Å². The molecule has 8 aromatic rings. The highest BCUT2D eigenvalue weighted by molar-refractivity contribution is 6.30. The minimum Gasteiger partial charge on any atom is -0.494 e. The van der Waals surface area contributed by atoms with Crippen molar-refractivity contribution in [3.05, 3.63) is 226 Å². The molecular weight excluding hydrogens is 1250 g/mol. The number of methoxy groups -OCH3 is 3. The molecule has 4 aliphatic rings. The molecule has 486 valence electrons. The van der Waals surface area contributed by atoms with E-state index in [1.807, 2.05) is 6.20 Å². The Hall–Kier alpha value is -10.9. The number of benzene rings is 3. The average Bonchev–Trinajstić information content (AvgIpc) is 1.64. The number of carbonyl (C=O) groups is 3. The largest absolute Gasteiger partial charge is 0.494 e. The van der Waals surface area contributed by atoms with Crippen LogP contribution in [0.5, 0.6) is 17.2 Å². The molecule has 2 aliphatic carbocycles. The summed E-state index contributed by atoms with van der Waals surface area (Å²) in [5, 5.41) is 28.2. The van der Waals surface area contributed by atoms with E-state index in [9.17, 15) is 37.1 Å². The maximum Gasteiger partial charge on any atom is 0.270 e. The van der Waals surface area contributed by atoms with Gasteiger partial charge in [0.2, 0.25) is 0 Å². The van der Waals surface area contributed by atoms with Crippen molar-refractivity contribution in [1.29, 1.82) is 0 Å². The van der Waals surface area contributed by atoms with Crippen LogP contribution in [0.25, 0.3) is 0 Å². The normalized spacial score (nSPS) is 15.4. The molecule has 0 bridgehead atoms. The van der Waals surface area contributed by atoms with Crippen LogP contribution >= 0.6 is 11.6 Å². The first kappa shape index (κ1) is 66.0. The predicted octanol–water partition coefficient (Wildman–Crippen LogP) is 8.77. The van der Waals surface area contributed by atoms with Crippen molar-refractivity contribution in [2.24, 2.45) is 15.5 Å². The lowest BCUT2D eigenvalue weighted by Gasteiger charge is -2.12. The maximum atomic E-state index is 13.6. The van der Waals surface area contributed by atoms with Gasteiger partial charge in [-0.05, 0) is 130 Å². The summed E-state index contributed by atoms with van der Waals surface area (Å²) in [5.74, 6) is -1.14. The molecule has 94 heavy (non-hydrogen) atoms. The number of nitrogens with one attached hydrogen (secondary N) is 3. The van der Waals surface area contributed by atoms with Crippen LogP contribution in [0, 0.1) is 38.2 Å². The molecule has 25 nitrogen and oxygen atoms in total. The zero-order chi connectivity index (χ0) is 66.7. The van der Waals surface area contributed by atoms with Crippen LogP contribution in [0.2, 0.25) is 5.02 Å². The van der Waals surface area contributed by atoms with E-state index in [-0.39, 0.29) is 88.3 Å². The summed E-state index contributed by atoms with van der Waals surface area (Å²) >= 11 is 6.18. The lowest BCUT2D eigenvalue weighted by atomic mass is 10.0. The molecule has 0 radical (unpaired) electrons. The van der Waals surface area contributed by atoms with E-state index in [1.54, 1.807) is 84.6 Å². The predicted molar refractivity (Wildman–Crippen MR) is 335 cm³/mol. The zero-order valence-electron chi connectivity index (χ0n) is 51.5. The molecule has 2 fully saturated rings. The minimum absolute atomic E-state index is 0.0171. The SMILES string of the molecule is COc1cc(CNC(=O)c2cc(/C=N/O)nc(C)n2)ccc1F.COc1cc(CNC(=O)c2cc(C3=NOC(c4cc(Cl)c(=O)n(C5CC5)c4)C3)nc(C)n2)ccc1F.COc1cc(CNC(=O)c2cc(C3=NOC(c4ccc(=O)n(C5CC5)c4)C3)nc(C)n2)ccc1F. The third kappa shape index (κ3) is 16.6. The molecule has 12 rings (SSSR count). The smallest absolute Gasteiger partial charge is 0.270 e. The molecule has 3 amide bonds. The standard InChI is InChI=1S/C25H23ClFN5O4.C25H24FN5O4.C15H15FN4O3/c1-13-29-19(9-21(30-13)24(33)28-11-14-3-6-18(27)23(7-14)35-2)20-10-22(36-31-20)15-8-17(26)25(34)32(12-15)16-4-5-16;1-14-28-19(10-21(29-14)25(33)27-12-15-3-7-18(26)23(9-15)34-2)20-11-22(35-30-20)16-4-8-24(32)31(13-16)17-5-6-17;1-9-19-11(8-18-22)6-13(20-9)15(21)17-7-10-3-4-12(16)14(5-10)23-2/h3,6-9,12,16,22H,4-5,10-11H2,1-2H3,(H,28,33);3-4,7-10,13,17,22H,5-6,11-12H2,1-2H3,(H,27,33);3-6,8,22H,7H2,1-2H3,(H,17,21)/b;;18-8+. The van der Waals surface area contributed by atoms with Crippen molar-refractivity contribution in [3.63, 3.8) is 0 Å². The second-order valence-electron chi connectivity index (χ2n) is 22.0. The summed E-state index contributed by atoms with van der Waals surface area (Å²) < 4.78 is 58.8. The van der Waals surface area contributed by atoms with Gasteiger partial charge in [0.25, 0.3) is 28.8 Å². The lowest BCUT2D eigenvalue weighted by Crippen LogP contribution is -2.25. The van der Waals surface area contributed by atoms with Gasteiger partial charge in [0.05, 0.1) is 44.6 Å². The first-order valence-electron chi connectivity index (χ1n) is 29.4. The third-order valence-corrected chi connectivity index (χ3v) is 15.2. The van der Waals surface area contributed by atoms with E-state index in [0.29, 0.717) is 75.5 Å². The highest BCUT2D eigenvalue weighted by atomic mass is 35.5. The van der Waals surface area contributed by atoms with Gasteiger partial charge in [-0.25, -0.2) is 43.1 Å². The second kappa shape index (κ2) is 29.6. The number of hydrogen-bond acceptors (Lipinski definition) is 20. The van der Waals surface area contributed by atoms with Gasteiger partial charge in [0, 0.05) is 74.1 Å². The number of hydrogen-bond donors (Lipinski definition) is 4. The van der Waals surface area contributed by atoms with Crippen LogP contribution in [-0.2, 0) is 29.3 Å². The summed E-state index contributed by atoms with van der Waals surface area (Å²) in [6.07, 6.45) is 8.74. The fourth-order valence-corrected chi connectivity index (χ4v) is 10.1. The lowest BCUT2D eigenvalue weighted by molar-refractivity contribution is 0.0851. The van der Waals surface area contributed by atoms with Crippen molar-refractivity contribution in [3.8, 4) is 17.2 Å². The Labute approximate surface area is 539 Å². The summed E-state index contributed by atoms with van der Waals surface area (Å²) in [6.45, 7) is 5.53. The monoisotopic (exact) mass is 1310 g/mol. The van der Waals surface area contributed by atoms with Crippen LogP contribution in [0.4, 0.5) is 13.2 Å². The van der Waals surface area contributed by atoms with E-state index in [1.165, 1.54) is 63.8 Å². The molecule has 0 saturated heterocycles. The van der Waals surface area contributed by atoms with E-state index in [0.717, 1.165) is 43.0 Å². The Morgan fingerprint density at radius 2 is 0.989 bits per heavy atom. The summed E-state index contributed by atoms with van der Waals surface area (Å²) in [5.41, 5.74) is 6.39. The fourth-order valence-electron chi connectivity index (χ4n) is 9.91. The number of pyridine rings is 2. The average molecular weight is 1310 g/mol. The first-order chi connectivity index (χ1) is 45.3. The van der Waals surface area contributed by atoms with Crippen LogP contribution in [-0.4, -0.2) is 101 Å². The Bertz CT molecular complexity index is 4430. The van der Waals surface area contributed by atoms with Crippen molar-refractivity contribution in [2.75, 3.05) is 21.3 Å². The van der Waals surface area contributed by atoms with Gasteiger partial charge in [-0.15, -0.1) is 0 Å². The van der Waals surface area contributed by atoms with Crippen LogP contribution in [0.1, 0.15) is 157 Å². The highest BCUT2D eigenvalue weighted by Crippen LogP contribution is 2.37. The van der Waals surface area contributed by atoms with Crippen molar-refractivity contribution < 1.29 is 56.6 Å². The first-order valence-corrected chi connectivity index (χ1v) is 29.8. The fraction of sp³-hybridized carbons (Fsp3) is 0.292. The number of halogens is 4. The molecule has 2 unspecified atom stereocenters. The van der Waals surface area contributed by atoms with Crippen molar-refractivity contribution in [1.82, 2.24) is 55.0 Å². The van der Waals surface area contributed by atoms with Crippen molar-refractivity contribution >= 4 is 47.0 Å². The second-order valence-corrected chi connectivity index (χ2v) is 22.4. The number of aryl methyl sites for hydroxylation is 3. The van der Waals surface area contributed by atoms with E-state index < -0.39 is 41.3 Å². The van der Waals surface area contributed by atoms with E-state index in [4.69, 9.17) is 40.7 Å². The number of carbonyl (C=O) groups excluding carboxylic acids is 3. The molecular formula is C65H62ClF3N14O11. The number of ether oxygens (including phenoxy) is 3. The van der Waals surface area contributed by atoms with Gasteiger partial charge in [-0.1, -0.05) is 45.3 Å². The summed E-state index contributed by atoms with van der Waals surface area (Å²) in [7, 11) is 4.13. The quantitative estimate of drug-likeness (QED) is 0.0334. The minimum atomic E-state index is -0.477. The van der Waals surface area contributed by atoms with Gasteiger partial charge in [-0.2, -0.15) is 0 Å². The van der Waals surface area contributed by atoms with E-state index >= 15 is 0 Å². The number of aromatic nitrogens is 8. The number of rotatable bonds is 19. The van der Waals surface area contributed by atoms with Gasteiger partial charge in [0.15, 0.2) is 46.9 Å². The number of amides is 3. The molecule has 2 atom stereocenters. The topological polar surface area (TPSA) is 312 Å². The summed E-state index contributed by atoms with van der Waals surface area (Å²) in [4.78, 5) is 98.8. The molecule has 7 heterocycles. The molecule has 5 aromatic heterocycles. The molecule has 0 spiro atoms. The van der Waals surface area contributed by atoms with Crippen molar-refractivity contribution in [2.45, 2.75) is 103 Å². The van der Waals surface area contributed by atoms with Crippen LogP contribution in [0.3, 0.4) is 0 Å². The molecule has 29 heteroatoms. The molecule has 2 saturated carbocycles. The number of oxime groups is 3. The van der Waals surface area contributed by atoms with Crippen LogP contribution < -0.4 is 41.3 Å². The maximum absolute atomic E-state index is 13.6. The Morgan fingerprint density at radius 1 is 0.574 bits per heavy atom. The van der Waals surface area contributed by atoms with Gasteiger partial charge >= 0.3 is 0 Å². The molecule has 2 aliphatic heterocycles. The Morgan fingerprint density at radius 3 is 1.43 bits per heavy atom. The zero-order valence-corrected chi connectivity index (χ0v) is 52.3. The molecule has 4 N–H and O–H groups in total. The van der Waals surface area contributed by atoms with Gasteiger partial charge in [-0.3, -0.25) is 24.0 Å². The Balaban J connectivity index is 0.000000158. The highest BCUT2D eigenvalue weighted by Gasteiger charge is 2.32. The van der Waals surface area contributed by atoms with Gasteiger partial charge < -0.3 is 54.2 Å².